The van der Waals surface area contributed by atoms with E-state index >= 15 is 0 Å². The summed E-state index contributed by atoms with van der Waals surface area (Å²) >= 11 is 0. The van der Waals surface area contributed by atoms with Crippen LogP contribution in [0.4, 0.5) is 0 Å². The molecule has 0 amide bonds. The molecule has 6 atom stereocenters. The predicted octanol–water partition coefficient (Wildman–Crippen LogP) is 5.47. The van der Waals surface area contributed by atoms with Crippen LogP contribution < -0.4 is 4.74 Å². The minimum Gasteiger partial charge on any atom is -0.493 e. The molecule has 0 radical (unpaired) electrons. The Morgan fingerprint density at radius 1 is 1.07 bits per heavy atom. The van der Waals surface area contributed by atoms with Gasteiger partial charge in [0.1, 0.15) is 5.75 Å². The lowest BCUT2D eigenvalue weighted by atomic mass is 9.45. The molecule has 28 heavy (non-hydrogen) atoms. The van der Waals surface area contributed by atoms with Crippen LogP contribution >= 0.6 is 0 Å². The molecule has 3 fully saturated rings. The number of hydrogen-bond donors (Lipinski definition) is 0. The minimum absolute atomic E-state index is 0.118. The largest absolute Gasteiger partial charge is 0.493 e. The van der Waals surface area contributed by atoms with Crippen LogP contribution in [0.5, 0.6) is 5.75 Å². The highest BCUT2D eigenvalue weighted by atomic mass is 16.7. The van der Waals surface area contributed by atoms with Crippen LogP contribution in [0, 0.1) is 28.6 Å². The van der Waals surface area contributed by atoms with Crippen molar-refractivity contribution in [3.05, 3.63) is 24.5 Å². The maximum Gasteiger partial charge on any atom is 0.163 e. The quantitative estimate of drug-likeness (QED) is 0.687. The van der Waals surface area contributed by atoms with E-state index in [2.05, 4.69) is 39.6 Å². The molecule has 1 aromatic rings. The number of hydrogen-bond acceptors (Lipinski definition) is 4. The molecule has 0 aromatic carbocycles. The fourth-order valence-electron chi connectivity index (χ4n) is 6.75. The molecule has 0 spiro atoms. The van der Waals surface area contributed by atoms with Gasteiger partial charge < -0.3 is 14.2 Å². The highest BCUT2D eigenvalue weighted by Crippen LogP contribution is 2.63. The average molecular weight is 388 g/mol. The van der Waals surface area contributed by atoms with Crippen molar-refractivity contribution in [3.8, 4) is 5.75 Å². The van der Waals surface area contributed by atoms with Crippen LogP contribution in [0.1, 0.15) is 66.7 Å². The average Bonchev–Trinajstić information content (AvgIpc) is 2.65. The highest BCUT2D eigenvalue weighted by Gasteiger charge is 2.61. The molecule has 0 bridgehead atoms. The summed E-state index contributed by atoms with van der Waals surface area (Å²) in [4.78, 5) is 4.07. The second-order valence-corrected chi connectivity index (χ2v) is 10.4. The third-order valence-electron chi connectivity index (χ3n) is 8.22. The Morgan fingerprint density at radius 2 is 1.82 bits per heavy atom. The normalized spacial score (nSPS) is 42.3. The van der Waals surface area contributed by atoms with Gasteiger partial charge in [-0.3, -0.25) is 4.98 Å². The van der Waals surface area contributed by atoms with Gasteiger partial charge in [0.2, 0.25) is 0 Å². The van der Waals surface area contributed by atoms with Crippen molar-refractivity contribution < 1.29 is 14.2 Å². The van der Waals surface area contributed by atoms with Gasteiger partial charge in [0.15, 0.2) is 5.79 Å². The van der Waals surface area contributed by atoms with Gasteiger partial charge in [0.05, 0.1) is 19.3 Å². The summed E-state index contributed by atoms with van der Waals surface area (Å²) < 4.78 is 18.7. The molecule has 1 aliphatic heterocycles. The van der Waals surface area contributed by atoms with Gasteiger partial charge in [-0.05, 0) is 74.8 Å². The summed E-state index contributed by atoms with van der Waals surface area (Å²) in [7, 11) is 0. The van der Waals surface area contributed by atoms with E-state index in [-0.39, 0.29) is 5.41 Å². The number of aromatic nitrogens is 1. The zero-order valence-corrected chi connectivity index (χ0v) is 18.2. The Kier molecular flexibility index (Phi) is 5.24. The second kappa shape index (κ2) is 7.28. The molecule has 3 aliphatic rings. The molecule has 2 unspecified atom stereocenters. The van der Waals surface area contributed by atoms with Crippen molar-refractivity contribution in [1.82, 2.24) is 4.98 Å². The van der Waals surface area contributed by atoms with Gasteiger partial charge in [-0.25, -0.2) is 0 Å². The van der Waals surface area contributed by atoms with Crippen LogP contribution in [0.2, 0.25) is 0 Å². The van der Waals surface area contributed by atoms with E-state index in [4.69, 9.17) is 14.2 Å². The fraction of sp³-hybridized carbons (Fsp3) is 0.792. The predicted molar refractivity (Wildman–Crippen MR) is 110 cm³/mol. The van der Waals surface area contributed by atoms with Gasteiger partial charge in [-0.1, -0.05) is 27.2 Å². The van der Waals surface area contributed by atoms with Gasteiger partial charge in [0.25, 0.3) is 0 Å². The highest BCUT2D eigenvalue weighted by molar-refractivity contribution is 5.16. The molecule has 1 aromatic heterocycles. The molecule has 4 nitrogen and oxygen atoms in total. The fourth-order valence-corrected chi connectivity index (χ4v) is 6.75. The maximum absolute atomic E-state index is 6.42. The van der Waals surface area contributed by atoms with Gasteiger partial charge in [-0.2, -0.15) is 0 Å². The monoisotopic (exact) mass is 387 g/mol. The van der Waals surface area contributed by atoms with Crippen LogP contribution in [-0.2, 0) is 9.47 Å². The van der Waals surface area contributed by atoms with E-state index in [1.54, 1.807) is 12.4 Å². The number of ether oxygens (including phenoxy) is 3. The molecule has 0 N–H and O–H groups in total. The number of fused-ring (bicyclic) bond motifs is 3. The van der Waals surface area contributed by atoms with E-state index in [1.807, 2.05) is 12.1 Å². The summed E-state index contributed by atoms with van der Waals surface area (Å²) in [6, 6.07) is 3.89. The maximum atomic E-state index is 6.42. The third-order valence-corrected chi connectivity index (χ3v) is 8.22. The number of nitrogens with zero attached hydrogens (tertiary/aromatic N) is 1. The molecule has 2 saturated carbocycles. The van der Waals surface area contributed by atoms with E-state index in [9.17, 15) is 0 Å². The van der Waals surface area contributed by atoms with Gasteiger partial charge >= 0.3 is 0 Å². The molecule has 4 heteroatoms. The van der Waals surface area contributed by atoms with E-state index in [1.165, 1.54) is 19.3 Å². The van der Waals surface area contributed by atoms with Crippen molar-refractivity contribution in [1.29, 1.82) is 0 Å². The van der Waals surface area contributed by atoms with E-state index < -0.39 is 5.79 Å². The summed E-state index contributed by atoms with van der Waals surface area (Å²) in [6.07, 6.45) is 10.0. The first-order chi connectivity index (χ1) is 13.2. The first-order valence-electron chi connectivity index (χ1n) is 11.1. The molecule has 2 heterocycles. The lowest BCUT2D eigenvalue weighted by Gasteiger charge is -2.64. The number of pyridine rings is 1. The first kappa shape index (κ1) is 20.2. The second-order valence-electron chi connectivity index (χ2n) is 10.4. The third kappa shape index (κ3) is 3.47. The molecule has 156 valence electrons. The molecule has 2 aliphatic carbocycles. The zero-order valence-electron chi connectivity index (χ0n) is 18.2. The standard InChI is InChI=1S/C24H37NO3/c1-17-6-7-20-23(4,19(17)11-15-26-18-9-13-25-14-10-18)12-8-21-24(20,5)16-27-22(2,3)28-21/h9-10,13-14,17,19-21H,6-8,11-12,15-16H2,1-5H3/t17?,19-,20?,21-,23+,24+/m1/s1. The SMILES string of the molecule is CC1CCC2[C@]3(C)COC(C)(C)O[C@@H]3CC[C@@]2(C)[C@@H]1CCOc1ccncc1. The van der Waals surface area contributed by atoms with Crippen molar-refractivity contribution in [2.24, 2.45) is 28.6 Å². The van der Waals surface area contributed by atoms with Crippen molar-refractivity contribution in [2.75, 3.05) is 13.2 Å². The summed E-state index contributed by atoms with van der Waals surface area (Å²) in [5.41, 5.74) is 0.450. The Morgan fingerprint density at radius 3 is 2.57 bits per heavy atom. The van der Waals surface area contributed by atoms with Crippen LogP contribution in [0.15, 0.2) is 24.5 Å². The van der Waals surface area contributed by atoms with Crippen molar-refractivity contribution in [2.45, 2.75) is 78.6 Å². The van der Waals surface area contributed by atoms with Crippen LogP contribution in [0.25, 0.3) is 0 Å². The molecule has 4 rings (SSSR count). The lowest BCUT2D eigenvalue weighted by molar-refractivity contribution is -0.347. The minimum atomic E-state index is -0.447. The molecular weight excluding hydrogens is 350 g/mol. The summed E-state index contributed by atoms with van der Waals surface area (Å²) in [6.45, 7) is 13.1. The summed E-state index contributed by atoms with van der Waals surface area (Å²) in [5, 5.41) is 0. The lowest BCUT2D eigenvalue weighted by Crippen LogP contribution is -2.63. The zero-order chi connectivity index (χ0) is 20.0. The van der Waals surface area contributed by atoms with Crippen molar-refractivity contribution >= 4 is 0 Å². The Bertz CT molecular complexity index is 678. The van der Waals surface area contributed by atoms with E-state index in [0.29, 0.717) is 23.4 Å². The van der Waals surface area contributed by atoms with Crippen molar-refractivity contribution in [3.63, 3.8) is 0 Å². The topological polar surface area (TPSA) is 40.6 Å². The Balaban J connectivity index is 1.50. The first-order valence-corrected chi connectivity index (χ1v) is 11.1. The smallest absolute Gasteiger partial charge is 0.163 e. The number of rotatable bonds is 4. The van der Waals surface area contributed by atoms with Gasteiger partial charge in [-0.15, -0.1) is 0 Å². The van der Waals surface area contributed by atoms with E-state index in [0.717, 1.165) is 37.7 Å². The van der Waals surface area contributed by atoms with Crippen LogP contribution in [-0.4, -0.2) is 30.1 Å². The summed E-state index contributed by atoms with van der Waals surface area (Å²) in [5.74, 6) is 2.55. The van der Waals surface area contributed by atoms with Gasteiger partial charge in [0, 0.05) is 17.8 Å². The Hall–Kier alpha value is -1.13. The Labute approximate surface area is 170 Å². The van der Waals surface area contributed by atoms with Crippen LogP contribution in [0.3, 0.4) is 0 Å². The molecule has 1 saturated heterocycles. The molecular formula is C24H37NO3.